The first-order valence-electron chi connectivity index (χ1n) is 4.82. The van der Waals surface area contributed by atoms with E-state index in [1.165, 1.54) is 0 Å². The number of nitrogens with two attached hydrogens (primary N) is 1. The SMILES string of the molecule is CC(=O)C1(CN)CCC(C)CC1. The third-order valence-corrected chi connectivity index (χ3v) is 3.37. The van der Waals surface area contributed by atoms with Crippen LogP contribution in [0.15, 0.2) is 0 Å². The Balaban J connectivity index is 2.63. The molecule has 2 N–H and O–H groups in total. The lowest BCUT2D eigenvalue weighted by molar-refractivity contribution is -0.128. The largest absolute Gasteiger partial charge is 0.329 e. The van der Waals surface area contributed by atoms with Crippen LogP contribution in [0.5, 0.6) is 0 Å². The molecule has 1 saturated carbocycles. The van der Waals surface area contributed by atoms with Crippen molar-refractivity contribution in [2.75, 3.05) is 6.54 Å². The third-order valence-electron chi connectivity index (χ3n) is 3.37. The van der Waals surface area contributed by atoms with Crippen LogP contribution in [0.25, 0.3) is 0 Å². The fraction of sp³-hybridized carbons (Fsp3) is 0.900. The molecular formula is C10H19NO. The minimum Gasteiger partial charge on any atom is -0.329 e. The van der Waals surface area contributed by atoms with Gasteiger partial charge in [-0.25, -0.2) is 0 Å². The molecule has 1 aliphatic carbocycles. The lowest BCUT2D eigenvalue weighted by Gasteiger charge is -2.36. The predicted molar refractivity (Wildman–Crippen MR) is 49.8 cm³/mol. The topological polar surface area (TPSA) is 43.1 Å². The van der Waals surface area contributed by atoms with Crippen LogP contribution in [0.4, 0.5) is 0 Å². The van der Waals surface area contributed by atoms with Gasteiger partial charge < -0.3 is 5.73 Å². The van der Waals surface area contributed by atoms with Gasteiger partial charge in [-0.05, 0) is 38.5 Å². The van der Waals surface area contributed by atoms with Crippen LogP contribution >= 0.6 is 0 Å². The molecule has 70 valence electrons. The summed E-state index contributed by atoms with van der Waals surface area (Å²) in [5.74, 6) is 1.07. The van der Waals surface area contributed by atoms with Crippen LogP contribution in [0, 0.1) is 11.3 Å². The molecule has 12 heavy (non-hydrogen) atoms. The molecule has 1 fully saturated rings. The van der Waals surface area contributed by atoms with Gasteiger partial charge in [0.05, 0.1) is 0 Å². The van der Waals surface area contributed by atoms with Gasteiger partial charge >= 0.3 is 0 Å². The summed E-state index contributed by atoms with van der Waals surface area (Å²) in [6.07, 6.45) is 4.33. The minimum atomic E-state index is -0.160. The molecule has 1 rings (SSSR count). The van der Waals surface area contributed by atoms with Crippen molar-refractivity contribution >= 4 is 5.78 Å². The van der Waals surface area contributed by atoms with Gasteiger partial charge in [0.15, 0.2) is 0 Å². The number of carbonyl (C=O) groups excluding carboxylic acids is 1. The van der Waals surface area contributed by atoms with E-state index in [0.29, 0.717) is 6.54 Å². The van der Waals surface area contributed by atoms with Gasteiger partial charge in [-0.2, -0.15) is 0 Å². The van der Waals surface area contributed by atoms with Crippen molar-refractivity contribution in [1.82, 2.24) is 0 Å². The average Bonchev–Trinajstić information content (AvgIpc) is 2.06. The summed E-state index contributed by atoms with van der Waals surface area (Å²) in [7, 11) is 0. The maximum atomic E-state index is 11.4. The Hall–Kier alpha value is -0.370. The van der Waals surface area contributed by atoms with E-state index in [1.54, 1.807) is 6.92 Å². The van der Waals surface area contributed by atoms with Crippen molar-refractivity contribution in [3.8, 4) is 0 Å². The Kier molecular flexibility index (Phi) is 2.89. The maximum Gasteiger partial charge on any atom is 0.137 e. The molecule has 2 nitrogen and oxygen atoms in total. The van der Waals surface area contributed by atoms with E-state index in [2.05, 4.69) is 6.92 Å². The van der Waals surface area contributed by atoms with Crippen LogP contribution in [-0.2, 0) is 4.79 Å². The Labute approximate surface area is 74.5 Å². The lowest BCUT2D eigenvalue weighted by Crippen LogP contribution is -2.40. The van der Waals surface area contributed by atoms with Crippen LogP contribution in [0.2, 0.25) is 0 Å². The zero-order valence-electron chi connectivity index (χ0n) is 8.10. The molecule has 0 saturated heterocycles. The molecule has 0 bridgehead atoms. The molecule has 0 heterocycles. The number of hydrogen-bond donors (Lipinski definition) is 1. The van der Waals surface area contributed by atoms with Crippen molar-refractivity contribution in [3.63, 3.8) is 0 Å². The maximum absolute atomic E-state index is 11.4. The summed E-state index contributed by atoms with van der Waals surface area (Å²) in [6.45, 7) is 4.47. The Morgan fingerprint density at radius 3 is 2.33 bits per heavy atom. The van der Waals surface area contributed by atoms with Gasteiger partial charge in [0.2, 0.25) is 0 Å². The van der Waals surface area contributed by atoms with Crippen molar-refractivity contribution in [2.45, 2.75) is 39.5 Å². The molecule has 0 unspecified atom stereocenters. The number of ketones is 1. The van der Waals surface area contributed by atoms with Gasteiger partial charge in [-0.1, -0.05) is 6.92 Å². The molecule has 0 atom stereocenters. The van der Waals surface area contributed by atoms with E-state index in [-0.39, 0.29) is 11.2 Å². The zero-order chi connectivity index (χ0) is 9.19. The second-order valence-electron chi connectivity index (χ2n) is 4.22. The summed E-state index contributed by atoms with van der Waals surface area (Å²) < 4.78 is 0. The number of hydrogen-bond acceptors (Lipinski definition) is 2. The van der Waals surface area contributed by atoms with Crippen molar-refractivity contribution in [3.05, 3.63) is 0 Å². The highest BCUT2D eigenvalue weighted by Crippen LogP contribution is 2.38. The second kappa shape index (κ2) is 3.56. The smallest absolute Gasteiger partial charge is 0.137 e. The summed E-state index contributed by atoms with van der Waals surface area (Å²) in [5.41, 5.74) is 5.50. The minimum absolute atomic E-state index is 0.160. The van der Waals surface area contributed by atoms with Crippen LogP contribution in [-0.4, -0.2) is 12.3 Å². The number of Topliss-reactive ketones (excluding diaryl/α,β-unsaturated/α-hetero) is 1. The van der Waals surface area contributed by atoms with Gasteiger partial charge in [-0.3, -0.25) is 4.79 Å². The Morgan fingerprint density at radius 2 is 2.00 bits per heavy atom. The number of rotatable bonds is 2. The highest BCUT2D eigenvalue weighted by molar-refractivity contribution is 5.82. The highest BCUT2D eigenvalue weighted by atomic mass is 16.1. The third kappa shape index (κ3) is 1.69. The highest BCUT2D eigenvalue weighted by Gasteiger charge is 2.36. The van der Waals surface area contributed by atoms with E-state index in [1.807, 2.05) is 0 Å². The van der Waals surface area contributed by atoms with Crippen LogP contribution in [0.1, 0.15) is 39.5 Å². The van der Waals surface area contributed by atoms with Crippen LogP contribution in [0.3, 0.4) is 0 Å². The van der Waals surface area contributed by atoms with E-state index in [4.69, 9.17) is 5.73 Å². The van der Waals surface area contributed by atoms with Gasteiger partial charge in [0.1, 0.15) is 5.78 Å². The van der Waals surface area contributed by atoms with Gasteiger partial charge in [0, 0.05) is 12.0 Å². The van der Waals surface area contributed by atoms with E-state index in [9.17, 15) is 4.79 Å². The summed E-state index contributed by atoms with van der Waals surface area (Å²) in [6, 6.07) is 0. The van der Waals surface area contributed by atoms with E-state index < -0.39 is 0 Å². The average molecular weight is 169 g/mol. The summed E-state index contributed by atoms with van der Waals surface area (Å²) in [4.78, 5) is 11.4. The second-order valence-corrected chi connectivity index (χ2v) is 4.22. The zero-order valence-corrected chi connectivity index (χ0v) is 8.10. The first-order valence-corrected chi connectivity index (χ1v) is 4.82. The molecule has 0 aliphatic heterocycles. The molecular weight excluding hydrogens is 150 g/mol. The van der Waals surface area contributed by atoms with Crippen molar-refractivity contribution in [1.29, 1.82) is 0 Å². The Morgan fingerprint density at radius 1 is 1.50 bits per heavy atom. The summed E-state index contributed by atoms with van der Waals surface area (Å²) in [5, 5.41) is 0. The number of carbonyl (C=O) groups is 1. The monoisotopic (exact) mass is 169 g/mol. The first-order chi connectivity index (χ1) is 5.60. The van der Waals surface area contributed by atoms with Crippen molar-refractivity contribution < 1.29 is 4.79 Å². The molecule has 2 heteroatoms. The molecule has 0 radical (unpaired) electrons. The molecule has 0 aromatic rings. The molecule has 0 amide bonds. The molecule has 1 aliphatic rings. The normalized spacial score (nSPS) is 36.4. The molecule has 0 spiro atoms. The lowest BCUT2D eigenvalue weighted by atomic mass is 9.69. The Bertz CT molecular complexity index is 169. The quantitative estimate of drug-likeness (QED) is 0.684. The van der Waals surface area contributed by atoms with Gasteiger partial charge in [-0.15, -0.1) is 0 Å². The molecule has 0 aromatic carbocycles. The van der Waals surface area contributed by atoms with Gasteiger partial charge in [0.25, 0.3) is 0 Å². The van der Waals surface area contributed by atoms with Crippen LogP contribution < -0.4 is 5.73 Å². The fourth-order valence-electron chi connectivity index (χ4n) is 2.01. The predicted octanol–water partition coefficient (Wildman–Crippen LogP) is 1.73. The first kappa shape index (κ1) is 9.72. The van der Waals surface area contributed by atoms with E-state index >= 15 is 0 Å². The standard InChI is InChI=1S/C10H19NO/c1-8-3-5-10(7-11,6-4-8)9(2)12/h8H,3-7,11H2,1-2H3. The van der Waals surface area contributed by atoms with E-state index in [0.717, 1.165) is 31.6 Å². The fourth-order valence-corrected chi connectivity index (χ4v) is 2.01. The molecule has 0 aromatic heterocycles. The van der Waals surface area contributed by atoms with Crippen molar-refractivity contribution in [2.24, 2.45) is 17.1 Å². The summed E-state index contributed by atoms with van der Waals surface area (Å²) >= 11 is 0.